The lowest BCUT2D eigenvalue weighted by Crippen LogP contribution is -2.45. The van der Waals surface area contributed by atoms with Gasteiger partial charge in [-0.1, -0.05) is 12.1 Å². The molecule has 2 heterocycles. The third-order valence-corrected chi connectivity index (χ3v) is 5.46. The fourth-order valence-electron chi connectivity index (χ4n) is 2.73. The molecule has 7 nitrogen and oxygen atoms in total. The molecule has 0 amide bonds. The van der Waals surface area contributed by atoms with Gasteiger partial charge in [0.25, 0.3) is 10.0 Å². The maximum Gasteiger partial charge on any atom is 0.424 e. The molecule has 1 atom stereocenters. The van der Waals surface area contributed by atoms with E-state index in [0.717, 1.165) is 10.8 Å². The molecule has 0 bridgehead atoms. The summed E-state index contributed by atoms with van der Waals surface area (Å²) in [5.74, 6) is -0.609. The van der Waals surface area contributed by atoms with Crippen molar-refractivity contribution < 1.29 is 26.7 Å². The number of fused-ring (bicyclic) bond motifs is 1. The van der Waals surface area contributed by atoms with Gasteiger partial charge in [-0.05, 0) is 12.1 Å². The average molecular weight is 388 g/mol. The zero-order valence-corrected chi connectivity index (χ0v) is 14.3. The molecule has 1 aliphatic heterocycles. The molecular formula is C15H15F3N4O3S. The van der Waals surface area contributed by atoms with Crippen molar-refractivity contribution in [3.05, 3.63) is 48.0 Å². The summed E-state index contributed by atoms with van der Waals surface area (Å²) in [6.07, 6.45) is -3.34. The summed E-state index contributed by atoms with van der Waals surface area (Å²) in [5.41, 5.74) is -2.92. The van der Waals surface area contributed by atoms with Gasteiger partial charge in [0.1, 0.15) is 11.7 Å². The van der Waals surface area contributed by atoms with Crippen LogP contribution in [0.15, 0.2) is 46.5 Å². The first-order valence-corrected chi connectivity index (χ1v) is 8.98. The number of benzene rings is 1. The number of nitrogens with zero attached hydrogens (tertiary/aromatic N) is 3. The number of nitrogens with one attached hydrogen (secondary N) is 1. The summed E-state index contributed by atoms with van der Waals surface area (Å²) in [4.78, 5) is 7.53. The smallest absolute Gasteiger partial charge is 0.374 e. The Morgan fingerprint density at radius 1 is 1.31 bits per heavy atom. The van der Waals surface area contributed by atoms with Crippen LogP contribution in [0.4, 0.5) is 13.2 Å². The van der Waals surface area contributed by atoms with Crippen LogP contribution >= 0.6 is 0 Å². The SMILES string of the molecule is Cn1ccnc1[C@@](O)(CCN=C1NS(=O)(=O)c2ccccc21)C(F)(F)F. The normalized spacial score (nSPS) is 19.8. The van der Waals surface area contributed by atoms with E-state index >= 15 is 0 Å². The Hall–Kier alpha value is -2.40. The predicted octanol–water partition coefficient (Wildman–Crippen LogP) is 1.30. The molecule has 0 fully saturated rings. The van der Waals surface area contributed by atoms with E-state index in [1.54, 1.807) is 6.07 Å². The van der Waals surface area contributed by atoms with E-state index in [2.05, 4.69) is 14.7 Å². The van der Waals surface area contributed by atoms with Gasteiger partial charge < -0.3 is 9.67 Å². The second-order valence-corrected chi connectivity index (χ2v) is 7.45. The highest BCUT2D eigenvalue weighted by Gasteiger charge is 2.57. The standard InChI is InChI=1S/C15H15F3N4O3S/c1-22-9-8-20-13(22)14(23,15(16,17)18)6-7-19-12-10-4-2-3-5-11(10)26(24,25)21-12/h2-5,8-9,23H,6-7H2,1H3,(H,19,21)/t14-/m0/s1. The maximum absolute atomic E-state index is 13.4. The average Bonchev–Trinajstić information content (AvgIpc) is 3.09. The molecule has 0 aliphatic carbocycles. The van der Waals surface area contributed by atoms with Gasteiger partial charge in [0.15, 0.2) is 0 Å². The Kier molecular flexibility index (Phi) is 4.31. The van der Waals surface area contributed by atoms with E-state index in [1.807, 2.05) is 0 Å². The zero-order valence-electron chi connectivity index (χ0n) is 13.5. The molecule has 11 heteroatoms. The van der Waals surface area contributed by atoms with Crippen LogP contribution in [0.5, 0.6) is 0 Å². The largest absolute Gasteiger partial charge is 0.424 e. The third kappa shape index (κ3) is 2.97. The lowest BCUT2D eigenvalue weighted by Gasteiger charge is -2.29. The summed E-state index contributed by atoms with van der Waals surface area (Å²) in [5, 5.41) is 10.2. The Morgan fingerprint density at radius 2 is 2.00 bits per heavy atom. The Bertz CT molecular complexity index is 969. The number of aryl methyl sites for hydroxylation is 1. The van der Waals surface area contributed by atoms with Crippen molar-refractivity contribution in [2.75, 3.05) is 6.54 Å². The lowest BCUT2D eigenvalue weighted by atomic mass is 9.98. The fourth-order valence-corrected chi connectivity index (χ4v) is 3.98. The number of aromatic nitrogens is 2. The summed E-state index contributed by atoms with van der Waals surface area (Å²) in [6, 6.07) is 6.00. The molecule has 2 aromatic rings. The minimum atomic E-state index is -4.97. The van der Waals surface area contributed by atoms with Gasteiger partial charge in [0.2, 0.25) is 5.60 Å². The van der Waals surface area contributed by atoms with Crippen molar-refractivity contribution in [2.24, 2.45) is 12.0 Å². The van der Waals surface area contributed by atoms with Crippen molar-refractivity contribution in [1.82, 2.24) is 14.3 Å². The summed E-state index contributed by atoms with van der Waals surface area (Å²) >= 11 is 0. The Labute approximate surface area is 147 Å². The molecule has 1 aromatic carbocycles. The molecule has 0 radical (unpaired) electrons. The second-order valence-electron chi connectivity index (χ2n) is 5.80. The van der Waals surface area contributed by atoms with Crippen molar-refractivity contribution in [3.63, 3.8) is 0 Å². The molecule has 2 N–H and O–H groups in total. The number of halogens is 3. The molecule has 26 heavy (non-hydrogen) atoms. The molecule has 1 aromatic heterocycles. The van der Waals surface area contributed by atoms with Crippen LogP contribution in [0.1, 0.15) is 17.8 Å². The molecule has 3 rings (SSSR count). The summed E-state index contributed by atoms with van der Waals surface area (Å²) in [7, 11) is -2.44. The van der Waals surface area contributed by atoms with E-state index in [0.29, 0.717) is 0 Å². The molecule has 0 saturated heterocycles. The van der Waals surface area contributed by atoms with Gasteiger partial charge >= 0.3 is 6.18 Å². The molecule has 140 valence electrons. The van der Waals surface area contributed by atoms with Gasteiger partial charge in [0.05, 0.1) is 4.90 Å². The molecular weight excluding hydrogens is 373 g/mol. The number of hydrogen-bond acceptors (Lipinski definition) is 5. The van der Waals surface area contributed by atoms with Gasteiger partial charge in [-0.2, -0.15) is 13.2 Å². The van der Waals surface area contributed by atoms with Gasteiger partial charge in [-0.15, -0.1) is 0 Å². The van der Waals surface area contributed by atoms with E-state index in [4.69, 9.17) is 0 Å². The highest BCUT2D eigenvalue weighted by atomic mass is 32.2. The number of amidine groups is 1. The molecule has 0 unspecified atom stereocenters. The number of imidazole rings is 1. The quantitative estimate of drug-likeness (QED) is 0.825. The van der Waals surface area contributed by atoms with Crippen LogP contribution in [-0.2, 0) is 22.7 Å². The first kappa shape index (κ1) is 18.4. The number of alkyl halides is 3. The first-order chi connectivity index (χ1) is 12.1. The zero-order chi connectivity index (χ0) is 19.2. The van der Waals surface area contributed by atoms with Crippen LogP contribution in [0.3, 0.4) is 0 Å². The number of sulfonamides is 1. The third-order valence-electron chi connectivity index (χ3n) is 4.07. The predicted molar refractivity (Wildman–Crippen MR) is 85.9 cm³/mol. The highest BCUT2D eigenvalue weighted by Crippen LogP contribution is 2.40. The molecule has 0 saturated carbocycles. The first-order valence-electron chi connectivity index (χ1n) is 7.50. The van der Waals surface area contributed by atoms with Gasteiger partial charge in [-0.3, -0.25) is 9.71 Å². The van der Waals surface area contributed by atoms with Crippen LogP contribution < -0.4 is 4.72 Å². The fraction of sp³-hybridized carbons (Fsp3) is 0.333. The van der Waals surface area contributed by atoms with E-state index in [9.17, 15) is 26.7 Å². The number of aliphatic hydroxyl groups is 1. The van der Waals surface area contributed by atoms with E-state index in [-0.39, 0.29) is 16.3 Å². The minimum Gasteiger partial charge on any atom is -0.374 e. The van der Waals surface area contributed by atoms with E-state index in [1.165, 1.54) is 31.4 Å². The van der Waals surface area contributed by atoms with Crippen LogP contribution in [0.25, 0.3) is 0 Å². The maximum atomic E-state index is 13.4. The van der Waals surface area contributed by atoms with Crippen molar-refractivity contribution in [3.8, 4) is 0 Å². The van der Waals surface area contributed by atoms with Gasteiger partial charge in [-0.25, -0.2) is 13.4 Å². The van der Waals surface area contributed by atoms with Crippen LogP contribution in [0, 0.1) is 0 Å². The number of rotatable bonds is 4. The summed E-state index contributed by atoms with van der Waals surface area (Å²) < 4.78 is 67.6. The minimum absolute atomic E-state index is 0.00827. The topological polar surface area (TPSA) is 96.6 Å². The number of aliphatic imine (C=N–C) groups is 1. The van der Waals surface area contributed by atoms with Crippen molar-refractivity contribution in [2.45, 2.75) is 23.1 Å². The second kappa shape index (κ2) is 6.09. The number of hydrogen-bond donors (Lipinski definition) is 2. The molecule has 1 aliphatic rings. The molecule has 0 spiro atoms. The lowest BCUT2D eigenvalue weighted by molar-refractivity contribution is -0.272. The Balaban J connectivity index is 1.88. The van der Waals surface area contributed by atoms with E-state index < -0.39 is 40.6 Å². The highest BCUT2D eigenvalue weighted by molar-refractivity contribution is 7.90. The van der Waals surface area contributed by atoms with Crippen molar-refractivity contribution in [1.29, 1.82) is 0 Å². The Morgan fingerprint density at radius 3 is 2.62 bits per heavy atom. The van der Waals surface area contributed by atoms with Crippen molar-refractivity contribution >= 4 is 15.9 Å². The van der Waals surface area contributed by atoms with Gasteiger partial charge in [0, 0.05) is 38.0 Å². The van der Waals surface area contributed by atoms with Crippen LogP contribution in [0.2, 0.25) is 0 Å². The summed E-state index contributed by atoms with van der Waals surface area (Å²) in [6.45, 7) is -0.463. The van der Waals surface area contributed by atoms with Crippen LogP contribution in [-0.4, -0.2) is 41.6 Å². The monoisotopic (exact) mass is 388 g/mol.